The fourth-order valence-corrected chi connectivity index (χ4v) is 5.56. The topological polar surface area (TPSA) is 32.3 Å². The number of amides is 1. The summed E-state index contributed by atoms with van der Waals surface area (Å²) >= 11 is 7.63. The summed E-state index contributed by atoms with van der Waals surface area (Å²) in [6.45, 7) is 2.22. The SMILES string of the molecule is C[C@H]1CCCC[C@@H]1N1C(=O)/C(=C/c2c(F)cccc2Cl)SC1Nc1ccccc1. The normalized spacial score (nSPS) is 26.2. The molecule has 1 N–H and O–H groups in total. The fraction of sp³-hybridized carbons (Fsp3) is 0.348. The lowest BCUT2D eigenvalue weighted by atomic mass is 9.85. The quantitative estimate of drug-likeness (QED) is 0.572. The molecular weight excluding hydrogens is 407 g/mol. The van der Waals surface area contributed by atoms with Crippen molar-refractivity contribution in [3.8, 4) is 0 Å². The van der Waals surface area contributed by atoms with Gasteiger partial charge in [-0.25, -0.2) is 4.39 Å². The van der Waals surface area contributed by atoms with E-state index >= 15 is 0 Å². The predicted octanol–water partition coefficient (Wildman–Crippen LogP) is 6.37. The van der Waals surface area contributed by atoms with Crippen LogP contribution in [0.3, 0.4) is 0 Å². The van der Waals surface area contributed by atoms with Gasteiger partial charge in [-0.3, -0.25) is 4.79 Å². The van der Waals surface area contributed by atoms with Crippen molar-refractivity contribution in [2.75, 3.05) is 5.32 Å². The molecule has 1 amide bonds. The second kappa shape index (κ2) is 8.80. The Bertz CT molecular complexity index is 900. The van der Waals surface area contributed by atoms with Gasteiger partial charge in [-0.2, -0.15) is 0 Å². The fourth-order valence-electron chi connectivity index (χ4n) is 4.15. The highest BCUT2D eigenvalue weighted by Crippen LogP contribution is 2.42. The summed E-state index contributed by atoms with van der Waals surface area (Å²) in [4.78, 5) is 15.9. The number of benzene rings is 2. The van der Waals surface area contributed by atoms with Crippen molar-refractivity contribution >= 4 is 41.0 Å². The minimum Gasteiger partial charge on any atom is -0.356 e. The number of hydrogen-bond acceptors (Lipinski definition) is 3. The van der Waals surface area contributed by atoms with Crippen molar-refractivity contribution in [1.82, 2.24) is 4.90 Å². The molecule has 1 aliphatic carbocycles. The first kappa shape index (κ1) is 20.3. The van der Waals surface area contributed by atoms with Crippen LogP contribution in [0.25, 0.3) is 6.08 Å². The smallest absolute Gasteiger partial charge is 0.262 e. The Morgan fingerprint density at radius 2 is 1.90 bits per heavy atom. The Morgan fingerprint density at radius 1 is 1.14 bits per heavy atom. The van der Waals surface area contributed by atoms with Crippen LogP contribution in [0.15, 0.2) is 53.4 Å². The highest BCUT2D eigenvalue weighted by Gasteiger charge is 2.43. The van der Waals surface area contributed by atoms with Gasteiger partial charge in [0.1, 0.15) is 5.82 Å². The average molecular weight is 431 g/mol. The third-order valence-electron chi connectivity index (χ3n) is 5.70. The summed E-state index contributed by atoms with van der Waals surface area (Å²) < 4.78 is 14.3. The number of carbonyl (C=O) groups excluding carboxylic acids is 1. The molecule has 0 radical (unpaired) electrons. The Hall–Kier alpha value is -1.98. The van der Waals surface area contributed by atoms with Crippen molar-refractivity contribution in [2.24, 2.45) is 5.92 Å². The maximum Gasteiger partial charge on any atom is 0.262 e. The number of carbonyl (C=O) groups is 1. The zero-order valence-electron chi connectivity index (χ0n) is 16.3. The summed E-state index contributed by atoms with van der Waals surface area (Å²) in [6.07, 6.45) is 6.04. The van der Waals surface area contributed by atoms with Crippen LogP contribution >= 0.6 is 23.4 Å². The minimum absolute atomic E-state index is 0.0542. The summed E-state index contributed by atoms with van der Waals surface area (Å²) in [5, 5.41) is 3.79. The molecule has 3 nitrogen and oxygen atoms in total. The van der Waals surface area contributed by atoms with Crippen molar-refractivity contribution in [2.45, 2.75) is 44.1 Å². The second-order valence-electron chi connectivity index (χ2n) is 7.67. The molecule has 1 aliphatic heterocycles. The van der Waals surface area contributed by atoms with Gasteiger partial charge in [-0.05, 0) is 49.1 Å². The van der Waals surface area contributed by atoms with E-state index in [1.165, 1.54) is 24.2 Å². The lowest BCUT2D eigenvalue weighted by Gasteiger charge is -2.39. The molecule has 2 fully saturated rings. The molecule has 1 saturated carbocycles. The number of rotatable bonds is 4. The van der Waals surface area contributed by atoms with Crippen LogP contribution in [0.4, 0.5) is 10.1 Å². The van der Waals surface area contributed by atoms with E-state index in [2.05, 4.69) is 12.2 Å². The first-order valence-corrected chi connectivity index (χ1v) is 11.3. The zero-order chi connectivity index (χ0) is 20.4. The monoisotopic (exact) mass is 430 g/mol. The molecule has 2 aromatic carbocycles. The molecule has 1 heterocycles. The number of hydrogen-bond donors (Lipinski definition) is 1. The van der Waals surface area contributed by atoms with Crippen LogP contribution in [0.2, 0.25) is 5.02 Å². The standard InChI is InChI=1S/C23H24ClFN2OS/c1-15-8-5-6-13-20(15)27-22(28)21(14-17-18(24)11-7-12-19(17)25)29-23(27)26-16-9-3-2-4-10-16/h2-4,7,9-12,14-15,20,23,26H,5-6,8,13H2,1H3/b21-14-/t15-,20-,23?/m0/s1. The maximum atomic E-state index is 14.3. The van der Waals surface area contributed by atoms with E-state index in [1.807, 2.05) is 35.2 Å². The van der Waals surface area contributed by atoms with Gasteiger partial charge in [0.15, 0.2) is 5.50 Å². The molecule has 4 rings (SSSR count). The average Bonchev–Trinajstić information content (AvgIpc) is 3.01. The van der Waals surface area contributed by atoms with Crippen molar-refractivity contribution < 1.29 is 9.18 Å². The van der Waals surface area contributed by atoms with E-state index in [0.717, 1.165) is 24.9 Å². The number of halogens is 2. The maximum absolute atomic E-state index is 14.3. The minimum atomic E-state index is -0.421. The van der Waals surface area contributed by atoms with Crippen LogP contribution in [0.5, 0.6) is 0 Å². The van der Waals surface area contributed by atoms with Crippen molar-refractivity contribution in [3.05, 3.63) is 69.8 Å². The molecule has 29 heavy (non-hydrogen) atoms. The molecule has 3 atom stereocenters. The highest BCUT2D eigenvalue weighted by molar-refractivity contribution is 8.05. The molecular formula is C23H24ClFN2OS. The third kappa shape index (κ3) is 4.31. The van der Waals surface area contributed by atoms with E-state index in [4.69, 9.17) is 11.6 Å². The van der Waals surface area contributed by atoms with Crippen molar-refractivity contribution in [3.63, 3.8) is 0 Å². The van der Waals surface area contributed by atoms with Crippen LogP contribution in [0.1, 0.15) is 38.2 Å². The van der Waals surface area contributed by atoms with Gasteiger partial charge >= 0.3 is 0 Å². The predicted molar refractivity (Wildman–Crippen MR) is 119 cm³/mol. The zero-order valence-corrected chi connectivity index (χ0v) is 17.8. The first-order chi connectivity index (χ1) is 14.0. The van der Waals surface area contributed by atoms with Gasteiger partial charge in [0, 0.05) is 17.3 Å². The molecule has 0 aromatic heterocycles. The Balaban J connectivity index is 1.68. The molecule has 0 spiro atoms. The molecule has 152 valence electrons. The molecule has 2 aliphatic rings. The number of nitrogens with zero attached hydrogens (tertiary/aromatic N) is 1. The van der Waals surface area contributed by atoms with E-state index in [9.17, 15) is 9.18 Å². The summed E-state index contributed by atoms with van der Waals surface area (Å²) in [7, 11) is 0. The second-order valence-corrected chi connectivity index (χ2v) is 9.20. The largest absolute Gasteiger partial charge is 0.356 e. The summed E-state index contributed by atoms with van der Waals surface area (Å²) in [6, 6.07) is 14.6. The Morgan fingerprint density at radius 3 is 2.62 bits per heavy atom. The lowest BCUT2D eigenvalue weighted by Crippen LogP contribution is -2.48. The summed E-state index contributed by atoms with van der Waals surface area (Å²) in [5.41, 5.74) is 0.991. The first-order valence-electron chi connectivity index (χ1n) is 10.0. The van der Waals surface area contributed by atoms with Gasteiger partial charge in [0.25, 0.3) is 5.91 Å². The number of thioether (sulfide) groups is 1. The van der Waals surface area contributed by atoms with Crippen molar-refractivity contribution in [1.29, 1.82) is 0 Å². The Labute approximate surface area is 180 Å². The molecule has 2 aromatic rings. The third-order valence-corrected chi connectivity index (χ3v) is 7.14. The number of para-hydroxylation sites is 1. The molecule has 1 saturated heterocycles. The number of nitrogens with one attached hydrogen (secondary N) is 1. The van der Waals surface area contributed by atoms with Crippen LogP contribution in [-0.4, -0.2) is 22.3 Å². The van der Waals surface area contributed by atoms with Crippen LogP contribution < -0.4 is 5.32 Å². The number of anilines is 1. The van der Waals surface area contributed by atoms with E-state index in [-0.39, 0.29) is 23.0 Å². The van der Waals surface area contributed by atoms with E-state index in [1.54, 1.807) is 18.2 Å². The van der Waals surface area contributed by atoms with Crippen LogP contribution in [-0.2, 0) is 4.79 Å². The lowest BCUT2D eigenvalue weighted by molar-refractivity contribution is -0.129. The van der Waals surface area contributed by atoms with E-state index < -0.39 is 5.82 Å². The van der Waals surface area contributed by atoms with Gasteiger partial charge in [0.05, 0.1) is 9.93 Å². The molecule has 6 heteroatoms. The Kier molecular flexibility index (Phi) is 6.16. The summed E-state index contributed by atoms with van der Waals surface area (Å²) in [5.74, 6) is -0.0401. The molecule has 1 unspecified atom stereocenters. The molecule has 0 bridgehead atoms. The van der Waals surface area contributed by atoms with Gasteiger partial charge in [-0.1, -0.05) is 67.4 Å². The van der Waals surface area contributed by atoms with Gasteiger partial charge < -0.3 is 10.2 Å². The van der Waals surface area contributed by atoms with Gasteiger partial charge in [-0.15, -0.1) is 0 Å². The highest BCUT2D eigenvalue weighted by atomic mass is 35.5. The van der Waals surface area contributed by atoms with Crippen LogP contribution in [0, 0.1) is 11.7 Å². The van der Waals surface area contributed by atoms with E-state index in [0.29, 0.717) is 15.8 Å². The van der Waals surface area contributed by atoms with Gasteiger partial charge in [0.2, 0.25) is 0 Å².